The van der Waals surface area contributed by atoms with Crippen molar-refractivity contribution in [3.63, 3.8) is 0 Å². The molecule has 2 aliphatic heterocycles. The second-order valence-electron chi connectivity index (χ2n) is 14.5. The zero-order chi connectivity index (χ0) is 35.7. The van der Waals surface area contributed by atoms with Crippen molar-refractivity contribution < 1.29 is 18.7 Å². The van der Waals surface area contributed by atoms with Gasteiger partial charge in [-0.05, 0) is 51.0 Å². The molecule has 3 aromatic heterocycles. The van der Waals surface area contributed by atoms with Crippen molar-refractivity contribution in [3.8, 4) is 0 Å². The molecule has 3 unspecified atom stereocenters. The lowest BCUT2D eigenvalue weighted by Gasteiger charge is -2.36. The van der Waals surface area contributed by atoms with Gasteiger partial charge in [0.15, 0.2) is 11.6 Å². The largest absolute Gasteiger partial charge is 0.383 e. The number of Topliss-reactive ketones (excluding diaryl/α,β-unsaturated/α-hetero) is 1. The number of alkyl halides is 1. The fourth-order valence-corrected chi connectivity index (χ4v) is 6.18. The minimum absolute atomic E-state index is 0.0481. The first-order valence-electron chi connectivity index (χ1n) is 18.0. The van der Waals surface area contributed by atoms with E-state index < -0.39 is 6.17 Å². The molecule has 1 amide bonds. The number of piperazine rings is 1. The van der Waals surface area contributed by atoms with Crippen LogP contribution in [0.1, 0.15) is 102 Å². The summed E-state index contributed by atoms with van der Waals surface area (Å²) in [5, 5.41) is 12.0. The van der Waals surface area contributed by atoms with Gasteiger partial charge in [0.25, 0.3) is 5.78 Å². The second-order valence-corrected chi connectivity index (χ2v) is 14.5. The minimum Gasteiger partial charge on any atom is -0.383 e. The Hall–Kier alpha value is -3.45. The number of ether oxygens (including phenoxy) is 1. The Morgan fingerprint density at radius 2 is 1.88 bits per heavy atom. The molecule has 5 heterocycles. The van der Waals surface area contributed by atoms with Crippen LogP contribution in [0.4, 0.5) is 10.2 Å². The van der Waals surface area contributed by atoms with Gasteiger partial charge in [0.1, 0.15) is 17.6 Å². The normalized spacial score (nSPS) is 18.7. The predicted octanol–water partition coefficient (Wildman–Crippen LogP) is 4.97. The summed E-state index contributed by atoms with van der Waals surface area (Å²) in [5.41, 5.74) is 2.12. The van der Waals surface area contributed by atoms with Crippen LogP contribution in [-0.4, -0.2) is 105 Å². The molecule has 0 bridgehead atoms. The van der Waals surface area contributed by atoms with Crippen LogP contribution in [0.15, 0.2) is 18.5 Å². The number of carbonyl (C=O) groups excluding carboxylic acids is 2. The number of nitrogens with zero attached hydrogens (tertiary/aromatic N) is 8. The Morgan fingerprint density at radius 1 is 1.14 bits per heavy atom. The second kappa shape index (κ2) is 17.5. The maximum Gasteiger partial charge on any atom is 0.252 e. The molecule has 2 fully saturated rings. The fourth-order valence-electron chi connectivity index (χ4n) is 6.18. The molecule has 3 aromatic rings. The third kappa shape index (κ3) is 10.1. The highest BCUT2D eigenvalue weighted by atomic mass is 19.1. The Morgan fingerprint density at radius 3 is 2.51 bits per heavy atom. The summed E-state index contributed by atoms with van der Waals surface area (Å²) in [4.78, 5) is 38.6. The summed E-state index contributed by atoms with van der Waals surface area (Å²) in [6, 6.07) is 1.77. The molecule has 272 valence electrons. The van der Waals surface area contributed by atoms with E-state index in [2.05, 4.69) is 27.1 Å². The Balaban J connectivity index is 0.000000380. The molecule has 0 aromatic carbocycles. The number of fused-ring (bicyclic) bond motifs is 1. The molecule has 0 radical (unpaired) electrons. The molecular weight excluding hydrogens is 625 g/mol. The lowest BCUT2D eigenvalue weighted by atomic mass is 9.81. The zero-order valence-electron chi connectivity index (χ0n) is 30.9. The Kier molecular flexibility index (Phi) is 13.7. The highest BCUT2D eigenvalue weighted by molar-refractivity contribution is 5.95. The molecule has 0 aliphatic carbocycles. The van der Waals surface area contributed by atoms with E-state index in [0.29, 0.717) is 17.9 Å². The molecule has 0 saturated carbocycles. The first kappa shape index (κ1) is 38.4. The SMILES string of the molecule is CCn1nccc1C(=O)C(C)C.COCCN1CCN(c2nc3nc(C(C)CCC(C)(C)C(C)F)cn3nc2CC2CCCNC2=O)CC1. The molecular formula is C36H58FN9O3. The van der Waals surface area contributed by atoms with E-state index in [-0.39, 0.29) is 34.9 Å². The zero-order valence-corrected chi connectivity index (χ0v) is 30.9. The summed E-state index contributed by atoms with van der Waals surface area (Å²) in [6.45, 7) is 20.2. The molecule has 12 nitrogen and oxygen atoms in total. The van der Waals surface area contributed by atoms with Crippen LogP contribution in [0.25, 0.3) is 5.78 Å². The number of imidazole rings is 1. The lowest BCUT2D eigenvalue weighted by molar-refractivity contribution is -0.126. The molecule has 13 heteroatoms. The number of nitrogens with one attached hydrogen (secondary N) is 1. The number of aromatic nitrogens is 6. The van der Waals surface area contributed by atoms with E-state index in [1.165, 1.54) is 0 Å². The van der Waals surface area contributed by atoms with Crippen molar-refractivity contribution in [2.45, 2.75) is 99.2 Å². The fraction of sp³-hybridized carbons (Fsp3) is 0.722. The van der Waals surface area contributed by atoms with Crippen LogP contribution in [-0.2, 0) is 22.5 Å². The van der Waals surface area contributed by atoms with Gasteiger partial charge in [-0.1, -0.05) is 34.6 Å². The lowest BCUT2D eigenvalue weighted by Crippen LogP contribution is -2.48. The maximum absolute atomic E-state index is 14.0. The first-order chi connectivity index (χ1) is 23.3. The average molecular weight is 684 g/mol. The number of amides is 1. The predicted molar refractivity (Wildman–Crippen MR) is 190 cm³/mol. The number of halogens is 1. The number of piperidine rings is 1. The van der Waals surface area contributed by atoms with Gasteiger partial charge < -0.3 is 15.0 Å². The standard InChI is InChI=1S/C27H44FN7O2.C9H14N2O/c1-19(8-9-27(3,4)20(2)28)23-18-35-26(30-23)31-24(34-13-11-33(12-14-34)15-16-37-5)22(32-35)17-21-7-6-10-29-25(21)36;1-4-11-8(5-6-10-11)9(12)7(2)3/h18-21H,6-17H2,1-5H3,(H,29,36);5-7H,4H2,1-3H3. The molecule has 49 heavy (non-hydrogen) atoms. The van der Waals surface area contributed by atoms with Crippen molar-refractivity contribution in [1.82, 2.24) is 39.6 Å². The van der Waals surface area contributed by atoms with Crippen molar-refractivity contribution in [2.75, 3.05) is 57.9 Å². The van der Waals surface area contributed by atoms with E-state index in [1.54, 1.807) is 35.5 Å². The Labute approximate surface area is 291 Å². The van der Waals surface area contributed by atoms with Crippen LogP contribution < -0.4 is 10.2 Å². The third-order valence-corrected chi connectivity index (χ3v) is 10.1. The van der Waals surface area contributed by atoms with Crippen LogP contribution >= 0.6 is 0 Å². The summed E-state index contributed by atoms with van der Waals surface area (Å²) in [6.07, 6.45) is 6.80. The summed E-state index contributed by atoms with van der Waals surface area (Å²) in [5.74, 6) is 1.81. The van der Waals surface area contributed by atoms with E-state index >= 15 is 0 Å². The van der Waals surface area contributed by atoms with Gasteiger partial charge in [-0.15, -0.1) is 0 Å². The number of rotatable bonds is 14. The summed E-state index contributed by atoms with van der Waals surface area (Å²) >= 11 is 0. The van der Waals surface area contributed by atoms with Crippen LogP contribution in [0, 0.1) is 17.3 Å². The monoisotopic (exact) mass is 683 g/mol. The van der Waals surface area contributed by atoms with Gasteiger partial charge in [0.05, 0.1) is 18.5 Å². The maximum atomic E-state index is 14.0. The smallest absolute Gasteiger partial charge is 0.252 e. The van der Waals surface area contributed by atoms with Gasteiger partial charge in [-0.3, -0.25) is 19.2 Å². The summed E-state index contributed by atoms with van der Waals surface area (Å²) in [7, 11) is 1.73. The number of hydrogen-bond donors (Lipinski definition) is 1. The van der Waals surface area contributed by atoms with Crippen LogP contribution in [0.2, 0.25) is 0 Å². The van der Waals surface area contributed by atoms with Crippen molar-refractivity contribution in [3.05, 3.63) is 35.5 Å². The summed E-state index contributed by atoms with van der Waals surface area (Å²) < 4.78 is 22.7. The van der Waals surface area contributed by atoms with Gasteiger partial charge in [-0.25, -0.2) is 13.9 Å². The van der Waals surface area contributed by atoms with E-state index in [1.807, 2.05) is 40.8 Å². The highest BCUT2D eigenvalue weighted by Gasteiger charge is 2.29. The quantitative estimate of drug-likeness (QED) is 0.235. The van der Waals surface area contributed by atoms with Crippen LogP contribution in [0.3, 0.4) is 0 Å². The van der Waals surface area contributed by atoms with Gasteiger partial charge in [0, 0.05) is 83.3 Å². The average Bonchev–Trinajstić information content (AvgIpc) is 3.74. The number of hydrogen-bond acceptors (Lipinski definition) is 9. The van der Waals surface area contributed by atoms with Crippen molar-refractivity contribution in [2.24, 2.45) is 17.3 Å². The number of carbonyl (C=O) groups is 2. The van der Waals surface area contributed by atoms with Gasteiger partial charge >= 0.3 is 0 Å². The minimum atomic E-state index is -0.860. The Bertz CT molecular complexity index is 1510. The van der Waals surface area contributed by atoms with E-state index in [9.17, 15) is 14.0 Å². The molecule has 3 atom stereocenters. The number of methoxy groups -OCH3 is 1. The van der Waals surface area contributed by atoms with Crippen molar-refractivity contribution >= 4 is 23.3 Å². The van der Waals surface area contributed by atoms with E-state index in [4.69, 9.17) is 19.8 Å². The van der Waals surface area contributed by atoms with Gasteiger partial charge in [-0.2, -0.15) is 15.2 Å². The van der Waals surface area contributed by atoms with Crippen LogP contribution in [0.5, 0.6) is 0 Å². The number of ketones is 1. The molecule has 5 rings (SSSR count). The van der Waals surface area contributed by atoms with Gasteiger partial charge in [0.2, 0.25) is 5.91 Å². The first-order valence-corrected chi connectivity index (χ1v) is 18.0. The third-order valence-electron chi connectivity index (χ3n) is 10.1. The topological polar surface area (TPSA) is 123 Å². The van der Waals surface area contributed by atoms with E-state index in [0.717, 1.165) is 95.3 Å². The molecule has 1 N–H and O–H groups in total. The highest BCUT2D eigenvalue weighted by Crippen LogP contribution is 2.33. The van der Waals surface area contributed by atoms with Crippen molar-refractivity contribution in [1.29, 1.82) is 0 Å². The molecule has 2 saturated heterocycles. The number of aryl methyl sites for hydroxylation is 1. The number of anilines is 1. The molecule has 2 aliphatic rings. The molecule has 0 spiro atoms.